The van der Waals surface area contributed by atoms with Gasteiger partial charge in [-0.1, -0.05) is 32.1 Å². The summed E-state index contributed by atoms with van der Waals surface area (Å²) in [5.74, 6) is 7.80. The van der Waals surface area contributed by atoms with Crippen LogP contribution >= 0.6 is 0 Å². The average molecular weight is 196 g/mol. The molecule has 1 aliphatic heterocycles. The number of hydrogen-bond donors (Lipinski definition) is 1. The van der Waals surface area contributed by atoms with Gasteiger partial charge in [0.15, 0.2) is 0 Å². The molecule has 82 valence electrons. The van der Waals surface area contributed by atoms with E-state index in [1.807, 2.05) is 5.01 Å². The molecular formula is C12H24N2. The molecule has 0 bridgehead atoms. The van der Waals surface area contributed by atoms with Crippen LogP contribution in [-0.2, 0) is 0 Å². The lowest BCUT2D eigenvalue weighted by Crippen LogP contribution is -2.36. The SMILES string of the molecule is CC1C(CC2CCCCC2)CCN1N. The smallest absolute Gasteiger partial charge is 0.0241 e. The summed E-state index contributed by atoms with van der Waals surface area (Å²) in [7, 11) is 0. The molecule has 0 aromatic carbocycles. The largest absolute Gasteiger partial charge is 0.269 e. The topological polar surface area (TPSA) is 29.3 Å². The third-order valence-electron chi connectivity index (χ3n) is 4.32. The van der Waals surface area contributed by atoms with E-state index in [2.05, 4.69) is 6.92 Å². The summed E-state index contributed by atoms with van der Waals surface area (Å²) in [6, 6.07) is 0.622. The average Bonchev–Trinajstić information content (AvgIpc) is 2.52. The Hall–Kier alpha value is -0.0800. The van der Waals surface area contributed by atoms with Crippen LogP contribution < -0.4 is 5.84 Å². The van der Waals surface area contributed by atoms with Gasteiger partial charge in [-0.25, -0.2) is 5.01 Å². The van der Waals surface area contributed by atoms with Crippen molar-refractivity contribution in [3.63, 3.8) is 0 Å². The van der Waals surface area contributed by atoms with Gasteiger partial charge in [-0.2, -0.15) is 0 Å². The first-order valence-corrected chi connectivity index (χ1v) is 6.28. The number of hydrazine groups is 1. The highest BCUT2D eigenvalue weighted by atomic mass is 15.4. The van der Waals surface area contributed by atoms with Crippen molar-refractivity contribution < 1.29 is 0 Å². The molecule has 0 aromatic rings. The zero-order valence-electron chi connectivity index (χ0n) is 9.41. The third-order valence-corrected chi connectivity index (χ3v) is 4.32. The minimum absolute atomic E-state index is 0.622. The normalized spacial score (nSPS) is 36.4. The van der Waals surface area contributed by atoms with E-state index in [1.165, 1.54) is 44.9 Å². The molecule has 2 fully saturated rings. The molecule has 2 heteroatoms. The molecule has 2 rings (SSSR count). The van der Waals surface area contributed by atoms with Gasteiger partial charge >= 0.3 is 0 Å². The van der Waals surface area contributed by atoms with E-state index in [9.17, 15) is 0 Å². The van der Waals surface area contributed by atoms with Gasteiger partial charge in [0, 0.05) is 12.6 Å². The van der Waals surface area contributed by atoms with Gasteiger partial charge in [-0.05, 0) is 31.6 Å². The van der Waals surface area contributed by atoms with Crippen LogP contribution in [-0.4, -0.2) is 17.6 Å². The maximum absolute atomic E-state index is 5.91. The minimum atomic E-state index is 0.622. The summed E-state index contributed by atoms with van der Waals surface area (Å²) < 4.78 is 0. The predicted molar refractivity (Wildman–Crippen MR) is 59.7 cm³/mol. The Bertz CT molecular complexity index is 175. The predicted octanol–water partition coefficient (Wildman–Crippen LogP) is 2.54. The molecule has 1 saturated carbocycles. The molecule has 2 atom stereocenters. The summed E-state index contributed by atoms with van der Waals surface area (Å²) in [5, 5.41) is 2.04. The van der Waals surface area contributed by atoms with Gasteiger partial charge in [0.1, 0.15) is 0 Å². The highest BCUT2D eigenvalue weighted by Crippen LogP contribution is 2.34. The molecule has 2 aliphatic rings. The number of nitrogens with two attached hydrogens (primary N) is 1. The van der Waals surface area contributed by atoms with Crippen molar-refractivity contribution in [2.45, 2.75) is 57.9 Å². The van der Waals surface area contributed by atoms with Crippen molar-refractivity contribution in [2.75, 3.05) is 6.54 Å². The van der Waals surface area contributed by atoms with E-state index in [1.54, 1.807) is 0 Å². The van der Waals surface area contributed by atoms with E-state index < -0.39 is 0 Å². The fourth-order valence-corrected chi connectivity index (χ4v) is 3.20. The molecular weight excluding hydrogens is 172 g/mol. The molecule has 2 nitrogen and oxygen atoms in total. The molecule has 14 heavy (non-hydrogen) atoms. The summed E-state index contributed by atoms with van der Waals surface area (Å²) >= 11 is 0. The van der Waals surface area contributed by atoms with Crippen molar-refractivity contribution in [2.24, 2.45) is 17.7 Å². The monoisotopic (exact) mass is 196 g/mol. The Labute approximate surface area is 87.8 Å². The summed E-state index contributed by atoms with van der Waals surface area (Å²) in [4.78, 5) is 0. The van der Waals surface area contributed by atoms with Gasteiger partial charge < -0.3 is 0 Å². The fraction of sp³-hybridized carbons (Fsp3) is 1.00. The number of hydrogen-bond acceptors (Lipinski definition) is 2. The standard InChI is InChI=1S/C12H24N2/c1-10-12(7-8-14(10)13)9-11-5-3-2-4-6-11/h10-12H,2-9,13H2,1H3. The lowest BCUT2D eigenvalue weighted by atomic mass is 9.81. The van der Waals surface area contributed by atoms with Gasteiger partial charge in [0.2, 0.25) is 0 Å². The lowest BCUT2D eigenvalue weighted by molar-refractivity contribution is 0.214. The summed E-state index contributed by atoms with van der Waals surface area (Å²) in [6.45, 7) is 3.40. The van der Waals surface area contributed by atoms with Crippen molar-refractivity contribution in [1.29, 1.82) is 0 Å². The van der Waals surface area contributed by atoms with E-state index in [0.29, 0.717) is 6.04 Å². The first-order valence-electron chi connectivity index (χ1n) is 6.28. The van der Waals surface area contributed by atoms with E-state index in [-0.39, 0.29) is 0 Å². The number of nitrogens with zero attached hydrogens (tertiary/aromatic N) is 1. The Balaban J connectivity index is 1.79. The molecule has 0 aromatic heterocycles. The molecule has 1 saturated heterocycles. The molecule has 2 N–H and O–H groups in total. The first-order chi connectivity index (χ1) is 6.77. The molecule has 0 amide bonds. The van der Waals surface area contributed by atoms with Crippen LogP contribution in [0.1, 0.15) is 51.9 Å². The second-order valence-electron chi connectivity index (χ2n) is 5.27. The van der Waals surface area contributed by atoms with Crippen molar-refractivity contribution in [3.05, 3.63) is 0 Å². The molecule has 0 radical (unpaired) electrons. The molecule has 1 aliphatic carbocycles. The number of rotatable bonds is 2. The Morgan fingerprint density at radius 1 is 1.14 bits per heavy atom. The first kappa shape index (κ1) is 10.4. The van der Waals surface area contributed by atoms with Gasteiger partial charge in [-0.15, -0.1) is 0 Å². The van der Waals surface area contributed by atoms with Crippen LogP contribution in [0.5, 0.6) is 0 Å². The van der Waals surface area contributed by atoms with Crippen molar-refractivity contribution in [3.8, 4) is 0 Å². The van der Waals surface area contributed by atoms with Gasteiger partial charge in [-0.3, -0.25) is 5.84 Å². The van der Waals surface area contributed by atoms with Crippen LogP contribution in [0.4, 0.5) is 0 Å². The van der Waals surface area contributed by atoms with Gasteiger partial charge in [0.05, 0.1) is 0 Å². The van der Waals surface area contributed by atoms with Crippen molar-refractivity contribution in [1.82, 2.24) is 5.01 Å². The second kappa shape index (κ2) is 4.63. The third kappa shape index (κ3) is 2.29. The minimum Gasteiger partial charge on any atom is -0.269 e. The van der Waals surface area contributed by atoms with Crippen molar-refractivity contribution >= 4 is 0 Å². The molecule has 2 unspecified atom stereocenters. The van der Waals surface area contributed by atoms with Gasteiger partial charge in [0.25, 0.3) is 0 Å². The quantitative estimate of drug-likeness (QED) is 0.688. The lowest BCUT2D eigenvalue weighted by Gasteiger charge is -2.27. The van der Waals surface area contributed by atoms with E-state index >= 15 is 0 Å². The Morgan fingerprint density at radius 2 is 1.86 bits per heavy atom. The summed E-state index contributed by atoms with van der Waals surface area (Å²) in [5.41, 5.74) is 0. The Morgan fingerprint density at radius 3 is 2.43 bits per heavy atom. The van der Waals surface area contributed by atoms with Crippen LogP contribution in [0.15, 0.2) is 0 Å². The second-order valence-corrected chi connectivity index (χ2v) is 5.27. The van der Waals surface area contributed by atoms with E-state index in [4.69, 9.17) is 5.84 Å². The molecule has 0 spiro atoms. The fourth-order valence-electron chi connectivity index (χ4n) is 3.20. The maximum Gasteiger partial charge on any atom is 0.0241 e. The highest BCUT2D eigenvalue weighted by molar-refractivity contribution is 4.83. The van der Waals surface area contributed by atoms with Crippen LogP contribution in [0, 0.1) is 11.8 Å². The Kier molecular flexibility index (Phi) is 3.45. The zero-order chi connectivity index (χ0) is 9.97. The summed E-state index contributed by atoms with van der Waals surface area (Å²) in [6.07, 6.45) is 10.1. The highest BCUT2D eigenvalue weighted by Gasteiger charge is 2.30. The van der Waals surface area contributed by atoms with Crippen LogP contribution in [0.2, 0.25) is 0 Å². The van der Waals surface area contributed by atoms with E-state index in [0.717, 1.165) is 18.4 Å². The zero-order valence-corrected chi connectivity index (χ0v) is 9.41. The van der Waals surface area contributed by atoms with Crippen LogP contribution in [0.3, 0.4) is 0 Å². The van der Waals surface area contributed by atoms with Crippen LogP contribution in [0.25, 0.3) is 0 Å². The molecule has 1 heterocycles. The maximum atomic E-state index is 5.91.